The number of nitrogens with one attached hydrogen (secondary N) is 1. The Labute approximate surface area is 172 Å². The van der Waals surface area contributed by atoms with E-state index in [-0.39, 0.29) is 16.5 Å². The molecular weight excluding hydrogens is 408 g/mol. The van der Waals surface area contributed by atoms with E-state index in [0.717, 1.165) is 6.42 Å². The van der Waals surface area contributed by atoms with E-state index in [2.05, 4.69) is 4.72 Å². The van der Waals surface area contributed by atoms with E-state index >= 15 is 0 Å². The monoisotopic (exact) mass is 428 g/mol. The number of anilines is 2. The topological polar surface area (TPSA) is 110 Å². The lowest BCUT2D eigenvalue weighted by atomic mass is 10.2. The molecule has 4 rings (SSSR count). The molecule has 1 saturated heterocycles. The summed E-state index contributed by atoms with van der Waals surface area (Å²) in [7, 11) is -0.937. The fourth-order valence-electron chi connectivity index (χ4n) is 3.59. The van der Waals surface area contributed by atoms with Gasteiger partial charge in [0, 0.05) is 32.7 Å². The molecule has 0 radical (unpaired) electrons. The standard InChI is InChI=1S/C20H20N4O5S/c1-22-16-10-5-13(12-17(16)23(2)20(27)19(22)26)21-30(28,29)15-8-6-14(7-9-15)24-11-3-4-18(24)25/h5-10,12,21H,3-4,11H2,1-2H3. The quantitative estimate of drug-likeness (QED) is 0.627. The van der Waals surface area contributed by atoms with E-state index in [1.54, 1.807) is 23.1 Å². The number of carbonyl (C=O) groups is 1. The Hall–Kier alpha value is -3.40. The summed E-state index contributed by atoms with van der Waals surface area (Å²) in [4.78, 5) is 37.5. The number of sulfonamides is 1. The molecule has 0 atom stereocenters. The molecule has 1 N–H and O–H groups in total. The SMILES string of the molecule is Cn1c(=O)c(=O)n(C)c2cc(NS(=O)(=O)c3ccc(N4CCCC4=O)cc3)ccc21. The van der Waals surface area contributed by atoms with Crippen LogP contribution in [0.3, 0.4) is 0 Å². The van der Waals surface area contributed by atoms with Crippen molar-refractivity contribution in [3.8, 4) is 0 Å². The highest BCUT2D eigenvalue weighted by atomic mass is 32.2. The second-order valence-corrected chi connectivity index (χ2v) is 8.86. The minimum absolute atomic E-state index is 0.0277. The smallest absolute Gasteiger partial charge is 0.312 e. The highest BCUT2D eigenvalue weighted by molar-refractivity contribution is 7.92. The van der Waals surface area contributed by atoms with Crippen LogP contribution in [-0.4, -0.2) is 30.0 Å². The van der Waals surface area contributed by atoms with Gasteiger partial charge in [-0.1, -0.05) is 0 Å². The van der Waals surface area contributed by atoms with E-state index in [0.29, 0.717) is 29.7 Å². The number of nitrogens with zero attached hydrogens (tertiary/aromatic N) is 3. The molecule has 0 spiro atoms. The van der Waals surface area contributed by atoms with Crippen molar-refractivity contribution in [1.82, 2.24) is 9.13 Å². The first-order valence-electron chi connectivity index (χ1n) is 9.32. The van der Waals surface area contributed by atoms with Gasteiger partial charge >= 0.3 is 11.1 Å². The third-order valence-corrected chi connectivity index (χ3v) is 6.67. The molecule has 0 saturated carbocycles. The number of aromatic nitrogens is 2. The Kier molecular flexibility index (Phi) is 4.73. The zero-order chi connectivity index (χ0) is 21.6. The number of hydrogen-bond donors (Lipinski definition) is 1. The summed E-state index contributed by atoms with van der Waals surface area (Å²) in [5.74, 6) is 0.0277. The second kappa shape index (κ2) is 7.13. The third kappa shape index (κ3) is 3.28. The highest BCUT2D eigenvalue weighted by Gasteiger charge is 2.22. The lowest BCUT2D eigenvalue weighted by molar-refractivity contribution is -0.117. The van der Waals surface area contributed by atoms with Gasteiger partial charge in [0.2, 0.25) is 5.91 Å². The first-order valence-corrected chi connectivity index (χ1v) is 10.8. The Morgan fingerprint density at radius 2 is 1.50 bits per heavy atom. The molecular formula is C20H20N4O5S. The van der Waals surface area contributed by atoms with Gasteiger partial charge in [0.1, 0.15) is 0 Å². The Morgan fingerprint density at radius 1 is 0.867 bits per heavy atom. The van der Waals surface area contributed by atoms with Crippen molar-refractivity contribution in [1.29, 1.82) is 0 Å². The van der Waals surface area contributed by atoms with Crippen LogP contribution < -0.4 is 20.7 Å². The van der Waals surface area contributed by atoms with Crippen molar-refractivity contribution in [2.75, 3.05) is 16.2 Å². The molecule has 1 amide bonds. The van der Waals surface area contributed by atoms with E-state index in [9.17, 15) is 22.8 Å². The highest BCUT2D eigenvalue weighted by Crippen LogP contribution is 2.25. The predicted molar refractivity (Wildman–Crippen MR) is 113 cm³/mol. The van der Waals surface area contributed by atoms with Crippen LogP contribution in [0, 0.1) is 0 Å². The van der Waals surface area contributed by atoms with Gasteiger partial charge in [-0.3, -0.25) is 19.1 Å². The Bertz CT molecular complexity index is 1390. The average Bonchev–Trinajstić information content (AvgIpc) is 3.16. The molecule has 1 fully saturated rings. The zero-order valence-corrected chi connectivity index (χ0v) is 17.3. The molecule has 2 heterocycles. The van der Waals surface area contributed by atoms with Gasteiger partial charge in [-0.25, -0.2) is 8.42 Å². The number of amides is 1. The Morgan fingerprint density at radius 3 is 2.10 bits per heavy atom. The molecule has 2 aromatic carbocycles. The summed E-state index contributed by atoms with van der Waals surface area (Å²) in [6.45, 7) is 0.626. The maximum Gasteiger partial charge on any atom is 0.316 e. The van der Waals surface area contributed by atoms with Crippen molar-refractivity contribution in [3.05, 3.63) is 63.2 Å². The summed E-state index contributed by atoms with van der Waals surface area (Å²) in [6.07, 6.45) is 1.29. The van der Waals surface area contributed by atoms with Gasteiger partial charge in [-0.15, -0.1) is 0 Å². The first-order chi connectivity index (χ1) is 14.2. The first kappa shape index (κ1) is 19.9. The molecule has 3 aromatic rings. The van der Waals surface area contributed by atoms with Crippen LogP contribution in [0.1, 0.15) is 12.8 Å². The van der Waals surface area contributed by atoms with Crippen molar-refractivity contribution >= 4 is 38.3 Å². The minimum Gasteiger partial charge on any atom is -0.312 e. The summed E-state index contributed by atoms with van der Waals surface area (Å²) in [5.41, 5.74) is 0.495. The fraction of sp³-hybridized carbons (Fsp3) is 0.250. The van der Waals surface area contributed by atoms with E-state index in [1.165, 1.54) is 47.5 Å². The lowest BCUT2D eigenvalue weighted by Gasteiger charge is -2.16. The van der Waals surface area contributed by atoms with Gasteiger partial charge in [-0.2, -0.15) is 0 Å². The van der Waals surface area contributed by atoms with Crippen molar-refractivity contribution in [2.45, 2.75) is 17.7 Å². The van der Waals surface area contributed by atoms with E-state index in [1.807, 2.05) is 0 Å². The number of fused-ring (bicyclic) bond motifs is 1. The molecule has 1 aromatic heterocycles. The molecule has 156 valence electrons. The molecule has 0 bridgehead atoms. The van der Waals surface area contributed by atoms with Crippen LogP contribution in [0.4, 0.5) is 11.4 Å². The van der Waals surface area contributed by atoms with Gasteiger partial charge in [0.15, 0.2) is 0 Å². The van der Waals surface area contributed by atoms with E-state index in [4.69, 9.17) is 0 Å². The van der Waals surface area contributed by atoms with Gasteiger partial charge < -0.3 is 14.0 Å². The largest absolute Gasteiger partial charge is 0.316 e. The minimum atomic E-state index is -3.89. The number of benzene rings is 2. The summed E-state index contributed by atoms with van der Waals surface area (Å²) in [6, 6.07) is 10.7. The summed E-state index contributed by atoms with van der Waals surface area (Å²) in [5, 5.41) is 0. The molecule has 10 heteroatoms. The zero-order valence-electron chi connectivity index (χ0n) is 16.5. The normalized spacial score (nSPS) is 14.5. The maximum atomic E-state index is 12.8. The molecule has 1 aliphatic rings. The van der Waals surface area contributed by atoms with Gasteiger partial charge in [0.25, 0.3) is 10.0 Å². The molecule has 30 heavy (non-hydrogen) atoms. The number of rotatable bonds is 4. The van der Waals surface area contributed by atoms with E-state index < -0.39 is 21.1 Å². The van der Waals surface area contributed by atoms with Crippen LogP contribution in [0.5, 0.6) is 0 Å². The number of carbonyl (C=O) groups excluding carboxylic acids is 1. The average molecular weight is 428 g/mol. The van der Waals surface area contributed by atoms with Gasteiger partial charge in [0.05, 0.1) is 21.6 Å². The van der Waals surface area contributed by atoms with Crippen LogP contribution in [0.25, 0.3) is 11.0 Å². The molecule has 9 nitrogen and oxygen atoms in total. The summed E-state index contributed by atoms with van der Waals surface area (Å²) >= 11 is 0. The van der Waals surface area contributed by atoms with Gasteiger partial charge in [-0.05, 0) is 48.9 Å². The molecule has 0 unspecified atom stereocenters. The van der Waals surface area contributed by atoms with Crippen LogP contribution >= 0.6 is 0 Å². The number of hydrogen-bond acceptors (Lipinski definition) is 5. The van der Waals surface area contributed by atoms with Crippen molar-refractivity contribution in [2.24, 2.45) is 14.1 Å². The molecule has 0 aliphatic carbocycles. The van der Waals surface area contributed by atoms with Crippen molar-refractivity contribution in [3.63, 3.8) is 0 Å². The number of aryl methyl sites for hydroxylation is 2. The van der Waals surface area contributed by atoms with Crippen LogP contribution in [-0.2, 0) is 28.9 Å². The fourth-order valence-corrected chi connectivity index (χ4v) is 4.63. The van der Waals surface area contributed by atoms with Crippen LogP contribution in [0.2, 0.25) is 0 Å². The summed E-state index contributed by atoms with van der Waals surface area (Å²) < 4.78 is 30.5. The second-order valence-electron chi connectivity index (χ2n) is 7.18. The van der Waals surface area contributed by atoms with Crippen LogP contribution in [0.15, 0.2) is 56.9 Å². The maximum absolute atomic E-state index is 12.8. The van der Waals surface area contributed by atoms with Crippen molar-refractivity contribution < 1.29 is 13.2 Å². The molecule has 1 aliphatic heterocycles. The predicted octanol–water partition coefficient (Wildman–Crippen LogP) is 1.16. The Balaban J connectivity index is 1.66. The lowest BCUT2D eigenvalue weighted by Crippen LogP contribution is -2.39. The third-order valence-electron chi connectivity index (χ3n) is 5.27.